The average molecular weight is 288 g/mol. The maximum Gasteiger partial charge on any atom is 0.160 e. The topological polar surface area (TPSA) is 42.2 Å². The molecule has 1 N–H and O–H groups in total. The zero-order valence-electron chi connectivity index (χ0n) is 11.4. The molecule has 0 saturated heterocycles. The quantitative estimate of drug-likeness (QED) is 0.802. The summed E-state index contributed by atoms with van der Waals surface area (Å²) in [5.74, 6) is -0.904. The Balaban J connectivity index is 1.74. The summed E-state index contributed by atoms with van der Waals surface area (Å²) in [6.07, 6.45) is 1.89. The molecular formula is C15H14F2N4. The highest BCUT2D eigenvalue weighted by Gasteiger charge is 2.12. The van der Waals surface area contributed by atoms with E-state index in [0.29, 0.717) is 12.1 Å². The Morgan fingerprint density at radius 1 is 1.14 bits per heavy atom. The maximum atomic E-state index is 13.2. The van der Waals surface area contributed by atoms with Crippen LogP contribution in [0.4, 0.5) is 8.78 Å². The monoisotopic (exact) mass is 288 g/mol. The second kappa shape index (κ2) is 5.57. The van der Waals surface area contributed by atoms with Crippen LogP contribution in [0.2, 0.25) is 0 Å². The van der Waals surface area contributed by atoms with Crippen LogP contribution in [0, 0.1) is 11.6 Å². The minimum absolute atomic E-state index is 0.0736. The fraction of sp³-hybridized carbons (Fsp3) is 0.200. The third-order valence-corrected chi connectivity index (χ3v) is 3.32. The van der Waals surface area contributed by atoms with E-state index < -0.39 is 11.6 Å². The van der Waals surface area contributed by atoms with Gasteiger partial charge in [-0.25, -0.2) is 8.78 Å². The van der Waals surface area contributed by atoms with Crippen LogP contribution in [0.5, 0.6) is 0 Å². The molecule has 1 atom stereocenters. The molecule has 108 valence electrons. The normalized spacial score (nSPS) is 12.7. The lowest BCUT2D eigenvalue weighted by Gasteiger charge is -2.12. The number of hydrogen-bond donors (Lipinski definition) is 1. The van der Waals surface area contributed by atoms with Gasteiger partial charge in [0.1, 0.15) is 0 Å². The number of nitrogens with zero attached hydrogens (tertiary/aromatic N) is 3. The van der Waals surface area contributed by atoms with Gasteiger partial charge in [-0.3, -0.25) is 4.40 Å². The van der Waals surface area contributed by atoms with Gasteiger partial charge in [-0.15, -0.1) is 10.2 Å². The van der Waals surface area contributed by atoms with Crippen molar-refractivity contribution in [2.24, 2.45) is 0 Å². The van der Waals surface area contributed by atoms with E-state index in [1.54, 1.807) is 6.07 Å². The van der Waals surface area contributed by atoms with E-state index >= 15 is 0 Å². The van der Waals surface area contributed by atoms with E-state index in [-0.39, 0.29) is 6.04 Å². The maximum absolute atomic E-state index is 13.2. The van der Waals surface area contributed by atoms with Crippen LogP contribution in [0.1, 0.15) is 24.4 Å². The predicted molar refractivity (Wildman–Crippen MR) is 74.6 cm³/mol. The van der Waals surface area contributed by atoms with Gasteiger partial charge < -0.3 is 5.32 Å². The van der Waals surface area contributed by atoms with Gasteiger partial charge in [0, 0.05) is 12.7 Å². The van der Waals surface area contributed by atoms with Crippen LogP contribution >= 0.6 is 0 Å². The Bertz CT molecular complexity index is 769. The summed E-state index contributed by atoms with van der Waals surface area (Å²) in [5, 5.41) is 11.5. The molecule has 0 fully saturated rings. The molecule has 2 heterocycles. The molecule has 0 amide bonds. The summed E-state index contributed by atoms with van der Waals surface area (Å²) in [6.45, 7) is 2.36. The molecule has 21 heavy (non-hydrogen) atoms. The Morgan fingerprint density at radius 3 is 2.81 bits per heavy atom. The summed E-state index contributed by atoms with van der Waals surface area (Å²) in [4.78, 5) is 0. The lowest BCUT2D eigenvalue weighted by Crippen LogP contribution is -2.20. The van der Waals surface area contributed by atoms with Crippen molar-refractivity contribution >= 4 is 5.65 Å². The van der Waals surface area contributed by atoms with Gasteiger partial charge >= 0.3 is 0 Å². The molecule has 0 aliphatic heterocycles. The minimum Gasteiger partial charge on any atom is -0.303 e. The molecule has 4 nitrogen and oxygen atoms in total. The van der Waals surface area contributed by atoms with E-state index in [1.807, 2.05) is 35.7 Å². The highest BCUT2D eigenvalue weighted by Crippen LogP contribution is 2.14. The van der Waals surface area contributed by atoms with Crippen molar-refractivity contribution in [3.63, 3.8) is 0 Å². The van der Waals surface area contributed by atoms with Gasteiger partial charge in [-0.1, -0.05) is 12.1 Å². The molecule has 1 aromatic carbocycles. The van der Waals surface area contributed by atoms with Crippen LogP contribution in [-0.2, 0) is 6.54 Å². The Labute approximate surface area is 120 Å². The van der Waals surface area contributed by atoms with Gasteiger partial charge in [0.15, 0.2) is 23.1 Å². The summed E-state index contributed by atoms with van der Waals surface area (Å²) < 4.78 is 27.9. The number of nitrogens with one attached hydrogen (secondary N) is 1. The standard InChI is InChI=1S/C15H14F2N4/c1-10(15-20-19-14-4-2-3-7-21(14)15)18-9-11-5-6-12(16)13(17)8-11/h2-8,10,18H,9H2,1H3. The van der Waals surface area contributed by atoms with Crippen LogP contribution in [0.15, 0.2) is 42.6 Å². The number of aromatic nitrogens is 3. The van der Waals surface area contributed by atoms with Crippen LogP contribution in [-0.4, -0.2) is 14.6 Å². The van der Waals surface area contributed by atoms with Crippen molar-refractivity contribution in [3.8, 4) is 0 Å². The summed E-state index contributed by atoms with van der Waals surface area (Å²) in [7, 11) is 0. The van der Waals surface area contributed by atoms with E-state index in [2.05, 4.69) is 15.5 Å². The fourth-order valence-corrected chi connectivity index (χ4v) is 2.17. The average Bonchev–Trinajstić information content (AvgIpc) is 2.92. The van der Waals surface area contributed by atoms with Gasteiger partial charge in [-0.2, -0.15) is 0 Å². The van der Waals surface area contributed by atoms with Gasteiger partial charge in [0.25, 0.3) is 0 Å². The van der Waals surface area contributed by atoms with Gasteiger partial charge in [0.2, 0.25) is 0 Å². The van der Waals surface area contributed by atoms with E-state index in [0.717, 1.165) is 17.5 Å². The Kier molecular flexibility index (Phi) is 3.62. The molecule has 1 unspecified atom stereocenters. The summed E-state index contributed by atoms with van der Waals surface area (Å²) in [6, 6.07) is 9.48. The van der Waals surface area contributed by atoms with Crippen LogP contribution in [0.3, 0.4) is 0 Å². The highest BCUT2D eigenvalue weighted by molar-refractivity contribution is 5.37. The lowest BCUT2D eigenvalue weighted by molar-refractivity contribution is 0.501. The largest absolute Gasteiger partial charge is 0.303 e. The smallest absolute Gasteiger partial charge is 0.160 e. The third-order valence-electron chi connectivity index (χ3n) is 3.32. The molecule has 0 spiro atoms. The van der Waals surface area contributed by atoms with Crippen molar-refractivity contribution in [1.29, 1.82) is 0 Å². The summed E-state index contributed by atoms with van der Waals surface area (Å²) >= 11 is 0. The molecule has 0 aliphatic carbocycles. The summed E-state index contributed by atoms with van der Waals surface area (Å²) in [5.41, 5.74) is 1.45. The molecular weight excluding hydrogens is 274 g/mol. The Hall–Kier alpha value is -2.34. The zero-order chi connectivity index (χ0) is 14.8. The lowest BCUT2D eigenvalue weighted by atomic mass is 10.2. The van der Waals surface area contributed by atoms with Crippen molar-refractivity contribution in [2.45, 2.75) is 19.5 Å². The number of pyridine rings is 1. The van der Waals surface area contributed by atoms with Crippen molar-refractivity contribution in [1.82, 2.24) is 19.9 Å². The van der Waals surface area contributed by atoms with Gasteiger partial charge in [-0.05, 0) is 36.8 Å². The SMILES string of the molecule is CC(NCc1ccc(F)c(F)c1)c1nnc2ccccn12. The zero-order valence-corrected chi connectivity index (χ0v) is 11.4. The number of benzene rings is 1. The first-order chi connectivity index (χ1) is 10.1. The molecule has 3 aromatic rings. The molecule has 6 heteroatoms. The number of fused-ring (bicyclic) bond motifs is 1. The van der Waals surface area contributed by atoms with Crippen molar-refractivity contribution in [3.05, 3.63) is 65.6 Å². The molecule has 0 saturated carbocycles. The van der Waals surface area contributed by atoms with Crippen LogP contribution < -0.4 is 5.32 Å². The first-order valence-corrected chi connectivity index (χ1v) is 6.62. The molecule has 0 radical (unpaired) electrons. The van der Waals surface area contributed by atoms with Crippen molar-refractivity contribution in [2.75, 3.05) is 0 Å². The number of halogens is 2. The number of rotatable bonds is 4. The second-order valence-electron chi connectivity index (χ2n) is 4.84. The molecule has 2 aromatic heterocycles. The van der Waals surface area contributed by atoms with E-state index in [4.69, 9.17) is 0 Å². The first kappa shape index (κ1) is 13.6. The van der Waals surface area contributed by atoms with Gasteiger partial charge in [0.05, 0.1) is 6.04 Å². The van der Waals surface area contributed by atoms with Crippen LogP contribution in [0.25, 0.3) is 5.65 Å². The van der Waals surface area contributed by atoms with E-state index in [9.17, 15) is 8.78 Å². The van der Waals surface area contributed by atoms with E-state index in [1.165, 1.54) is 6.07 Å². The molecule has 3 rings (SSSR count). The third kappa shape index (κ3) is 2.75. The minimum atomic E-state index is -0.838. The molecule has 0 bridgehead atoms. The highest BCUT2D eigenvalue weighted by atomic mass is 19.2. The second-order valence-corrected chi connectivity index (χ2v) is 4.84. The van der Waals surface area contributed by atoms with Crippen molar-refractivity contribution < 1.29 is 8.78 Å². The fourth-order valence-electron chi connectivity index (χ4n) is 2.17. The Morgan fingerprint density at radius 2 is 2.00 bits per heavy atom. The first-order valence-electron chi connectivity index (χ1n) is 6.62. The predicted octanol–water partition coefficient (Wildman–Crippen LogP) is 2.86. The number of hydrogen-bond acceptors (Lipinski definition) is 3. The molecule has 0 aliphatic rings.